The molecule has 4 heteroatoms. The summed E-state index contributed by atoms with van der Waals surface area (Å²) in [4.78, 5) is 11.9. The summed E-state index contributed by atoms with van der Waals surface area (Å²) in [5, 5.41) is 8.83. The van der Waals surface area contributed by atoms with Gasteiger partial charge in [-0.05, 0) is 30.7 Å². The smallest absolute Gasteiger partial charge is 0.347 e. The summed E-state index contributed by atoms with van der Waals surface area (Å²) < 4.78 is 10.7. The highest BCUT2D eigenvalue weighted by Gasteiger charge is 2.16. The number of hydrogen-bond acceptors (Lipinski definition) is 4. The van der Waals surface area contributed by atoms with Crippen LogP contribution in [0.3, 0.4) is 0 Å². The summed E-state index contributed by atoms with van der Waals surface area (Å²) in [7, 11) is 0. The number of ether oxygens (including phenoxy) is 2. The second-order valence-electron chi connectivity index (χ2n) is 4.80. The molecule has 0 saturated carbocycles. The molecular weight excluding hydrogens is 278 g/mol. The third-order valence-electron chi connectivity index (χ3n) is 3.09. The molecule has 2 rings (SSSR count). The topological polar surface area (TPSA) is 59.3 Å². The minimum Gasteiger partial charge on any atom is -0.479 e. The van der Waals surface area contributed by atoms with Gasteiger partial charge in [0.15, 0.2) is 6.10 Å². The van der Waals surface area contributed by atoms with Crippen LogP contribution in [-0.2, 0) is 16.0 Å². The van der Waals surface area contributed by atoms with E-state index in [1.807, 2.05) is 36.4 Å². The summed E-state index contributed by atoms with van der Waals surface area (Å²) in [6.45, 7) is 1.94. The number of carbonyl (C=O) groups excluding carboxylic acids is 1. The monoisotopic (exact) mass is 295 g/mol. The summed E-state index contributed by atoms with van der Waals surface area (Å²) in [5.41, 5.74) is 1.60. The summed E-state index contributed by atoms with van der Waals surface area (Å²) >= 11 is 0. The Hall–Kier alpha value is -2.80. The summed E-state index contributed by atoms with van der Waals surface area (Å²) in [5.74, 6) is 0.0600. The van der Waals surface area contributed by atoms with Crippen molar-refractivity contribution in [3.63, 3.8) is 0 Å². The van der Waals surface area contributed by atoms with E-state index in [1.54, 1.807) is 31.2 Å². The van der Waals surface area contributed by atoms with E-state index >= 15 is 0 Å². The second-order valence-corrected chi connectivity index (χ2v) is 4.80. The zero-order valence-electron chi connectivity index (χ0n) is 12.4. The molecule has 1 unspecified atom stereocenters. The number of carbonyl (C=O) groups is 1. The number of rotatable bonds is 6. The molecule has 0 spiro atoms. The van der Waals surface area contributed by atoms with Gasteiger partial charge in [0.05, 0.1) is 18.2 Å². The number of nitrogens with zero attached hydrogens (tertiary/aromatic N) is 1. The van der Waals surface area contributed by atoms with E-state index < -0.39 is 12.1 Å². The third kappa shape index (κ3) is 4.64. The molecule has 4 nitrogen and oxygen atoms in total. The first-order valence-electron chi connectivity index (χ1n) is 7.06. The SMILES string of the molecule is CC(Oc1cccc(C#N)c1)C(=O)OCCc1ccccc1. The van der Waals surface area contributed by atoms with Gasteiger partial charge in [-0.15, -0.1) is 0 Å². The van der Waals surface area contributed by atoms with Crippen LogP contribution < -0.4 is 4.74 Å². The van der Waals surface area contributed by atoms with Crippen molar-refractivity contribution in [3.05, 3.63) is 65.7 Å². The van der Waals surface area contributed by atoms with Crippen molar-refractivity contribution in [2.45, 2.75) is 19.4 Å². The van der Waals surface area contributed by atoms with Crippen molar-refractivity contribution < 1.29 is 14.3 Å². The Balaban J connectivity index is 1.80. The van der Waals surface area contributed by atoms with Crippen molar-refractivity contribution in [1.29, 1.82) is 5.26 Å². The largest absolute Gasteiger partial charge is 0.479 e. The van der Waals surface area contributed by atoms with Crippen LogP contribution in [0, 0.1) is 11.3 Å². The molecule has 22 heavy (non-hydrogen) atoms. The highest BCUT2D eigenvalue weighted by atomic mass is 16.6. The van der Waals surface area contributed by atoms with E-state index in [-0.39, 0.29) is 0 Å². The van der Waals surface area contributed by atoms with Gasteiger partial charge >= 0.3 is 5.97 Å². The number of esters is 1. The molecule has 0 aliphatic carbocycles. The molecule has 2 aromatic rings. The highest BCUT2D eigenvalue weighted by Crippen LogP contribution is 2.14. The molecule has 0 aromatic heterocycles. The number of nitriles is 1. The summed E-state index contributed by atoms with van der Waals surface area (Å²) in [6.07, 6.45) is -0.0480. The lowest BCUT2D eigenvalue weighted by Gasteiger charge is -2.14. The van der Waals surface area contributed by atoms with Crippen LogP contribution in [0.2, 0.25) is 0 Å². The normalized spacial score (nSPS) is 11.3. The minimum atomic E-state index is -0.718. The van der Waals surface area contributed by atoms with E-state index in [9.17, 15) is 4.79 Å². The molecule has 0 aliphatic heterocycles. The van der Waals surface area contributed by atoms with Crippen molar-refractivity contribution in [3.8, 4) is 11.8 Å². The van der Waals surface area contributed by atoms with Crippen LogP contribution in [0.25, 0.3) is 0 Å². The average Bonchev–Trinajstić information content (AvgIpc) is 2.56. The van der Waals surface area contributed by atoms with Crippen molar-refractivity contribution in [2.24, 2.45) is 0 Å². The van der Waals surface area contributed by atoms with Gasteiger partial charge in [-0.3, -0.25) is 0 Å². The van der Waals surface area contributed by atoms with E-state index in [1.165, 1.54) is 0 Å². The fourth-order valence-electron chi connectivity index (χ4n) is 1.92. The molecule has 0 aliphatic rings. The van der Waals surface area contributed by atoms with E-state index in [4.69, 9.17) is 14.7 Å². The number of hydrogen-bond donors (Lipinski definition) is 0. The van der Waals surface area contributed by atoms with Gasteiger partial charge in [0.2, 0.25) is 0 Å². The van der Waals surface area contributed by atoms with Gasteiger partial charge in [-0.1, -0.05) is 36.4 Å². The Labute approximate surface area is 129 Å². The third-order valence-corrected chi connectivity index (χ3v) is 3.09. The Bertz CT molecular complexity index is 662. The lowest BCUT2D eigenvalue weighted by molar-refractivity contribution is -0.151. The molecule has 0 bridgehead atoms. The van der Waals surface area contributed by atoms with Crippen molar-refractivity contribution >= 4 is 5.97 Å². The summed E-state index contributed by atoms with van der Waals surface area (Å²) in [6, 6.07) is 18.5. The maximum atomic E-state index is 11.9. The minimum absolute atomic E-state index is 0.314. The van der Waals surface area contributed by atoms with Crippen LogP contribution in [0.1, 0.15) is 18.1 Å². The maximum Gasteiger partial charge on any atom is 0.347 e. The van der Waals surface area contributed by atoms with Crippen LogP contribution in [-0.4, -0.2) is 18.7 Å². The molecule has 0 radical (unpaired) electrons. The first-order valence-corrected chi connectivity index (χ1v) is 7.06. The lowest BCUT2D eigenvalue weighted by Crippen LogP contribution is -2.26. The van der Waals surface area contributed by atoms with E-state index in [0.29, 0.717) is 24.3 Å². The van der Waals surface area contributed by atoms with Gasteiger partial charge in [-0.25, -0.2) is 4.79 Å². The van der Waals surface area contributed by atoms with Crippen LogP contribution in [0.5, 0.6) is 5.75 Å². The van der Waals surface area contributed by atoms with E-state index in [0.717, 1.165) is 5.56 Å². The Morgan fingerprint density at radius 1 is 1.18 bits per heavy atom. The Morgan fingerprint density at radius 3 is 2.68 bits per heavy atom. The Kier molecular flexibility index (Phi) is 5.56. The fraction of sp³-hybridized carbons (Fsp3) is 0.222. The van der Waals surface area contributed by atoms with Gasteiger partial charge in [0.1, 0.15) is 5.75 Å². The maximum absolute atomic E-state index is 11.9. The van der Waals surface area contributed by atoms with Crippen LogP contribution in [0.15, 0.2) is 54.6 Å². The molecule has 1 atom stereocenters. The molecule has 0 fully saturated rings. The zero-order valence-corrected chi connectivity index (χ0v) is 12.4. The first-order chi connectivity index (χ1) is 10.7. The fourth-order valence-corrected chi connectivity index (χ4v) is 1.92. The molecule has 112 valence electrons. The molecule has 0 N–H and O–H groups in total. The molecule has 2 aromatic carbocycles. The molecule has 0 amide bonds. The number of benzene rings is 2. The zero-order chi connectivity index (χ0) is 15.8. The van der Waals surface area contributed by atoms with Crippen molar-refractivity contribution in [1.82, 2.24) is 0 Å². The van der Waals surface area contributed by atoms with Crippen LogP contribution >= 0.6 is 0 Å². The quantitative estimate of drug-likeness (QED) is 0.768. The standard InChI is InChI=1S/C18H17NO3/c1-14(22-17-9-5-8-16(12-17)13-19)18(20)21-11-10-15-6-3-2-4-7-15/h2-9,12,14H,10-11H2,1H3. The second kappa shape index (κ2) is 7.84. The first kappa shape index (κ1) is 15.6. The predicted molar refractivity (Wildman–Crippen MR) is 82.4 cm³/mol. The molecule has 0 saturated heterocycles. The van der Waals surface area contributed by atoms with Crippen molar-refractivity contribution in [2.75, 3.05) is 6.61 Å². The van der Waals surface area contributed by atoms with Gasteiger partial charge in [0.25, 0.3) is 0 Å². The Morgan fingerprint density at radius 2 is 1.95 bits per heavy atom. The van der Waals surface area contributed by atoms with Gasteiger partial charge in [-0.2, -0.15) is 5.26 Å². The average molecular weight is 295 g/mol. The molecule has 0 heterocycles. The van der Waals surface area contributed by atoms with Gasteiger partial charge < -0.3 is 9.47 Å². The van der Waals surface area contributed by atoms with Crippen LogP contribution in [0.4, 0.5) is 0 Å². The van der Waals surface area contributed by atoms with Gasteiger partial charge in [0, 0.05) is 6.42 Å². The predicted octanol–water partition coefficient (Wildman–Crippen LogP) is 3.11. The lowest BCUT2D eigenvalue weighted by atomic mass is 10.2. The van der Waals surface area contributed by atoms with E-state index in [2.05, 4.69) is 0 Å². The highest BCUT2D eigenvalue weighted by molar-refractivity contribution is 5.74. The molecular formula is C18H17NO3.